The molecule has 2 aromatic rings. The average Bonchev–Trinajstić information content (AvgIpc) is 3.02. The highest BCUT2D eigenvalue weighted by molar-refractivity contribution is 6.22. The minimum atomic E-state index is -0.688. The maximum Gasteiger partial charge on any atom is 0.407 e. The molecule has 5 amide bonds. The zero-order valence-corrected chi connectivity index (χ0v) is 21.9. The lowest BCUT2D eigenvalue weighted by Crippen LogP contribution is -2.45. The van der Waals surface area contributed by atoms with Gasteiger partial charge in [0, 0.05) is 35.4 Å². The van der Waals surface area contributed by atoms with Gasteiger partial charge in [-0.3, -0.25) is 24.1 Å². The van der Waals surface area contributed by atoms with Crippen molar-refractivity contribution in [2.45, 2.75) is 59.1 Å². The Labute approximate surface area is 215 Å². The Hall–Kier alpha value is -4.21. The van der Waals surface area contributed by atoms with E-state index in [4.69, 9.17) is 4.74 Å². The predicted molar refractivity (Wildman–Crippen MR) is 139 cm³/mol. The van der Waals surface area contributed by atoms with Crippen LogP contribution in [0.15, 0.2) is 42.5 Å². The van der Waals surface area contributed by atoms with Crippen molar-refractivity contribution >= 4 is 41.1 Å². The second-order valence-electron chi connectivity index (χ2n) is 10.6. The van der Waals surface area contributed by atoms with Crippen molar-refractivity contribution in [1.29, 1.82) is 0 Å². The topological polar surface area (TPSA) is 134 Å². The molecule has 1 heterocycles. The number of nitrogens with zero attached hydrogens (tertiary/aromatic N) is 1. The van der Waals surface area contributed by atoms with Crippen molar-refractivity contribution in [3.05, 3.63) is 59.2 Å². The van der Waals surface area contributed by atoms with Crippen LogP contribution in [0.2, 0.25) is 0 Å². The third-order valence-corrected chi connectivity index (χ3v) is 5.24. The number of amides is 5. The summed E-state index contributed by atoms with van der Waals surface area (Å²) in [5.41, 5.74) is 0.238. The van der Waals surface area contributed by atoms with Crippen molar-refractivity contribution in [3.63, 3.8) is 0 Å². The first-order chi connectivity index (χ1) is 17.2. The van der Waals surface area contributed by atoms with Gasteiger partial charge < -0.3 is 20.7 Å². The molecule has 0 saturated carbocycles. The molecule has 0 saturated heterocycles. The van der Waals surface area contributed by atoms with Crippen molar-refractivity contribution < 1.29 is 28.7 Å². The van der Waals surface area contributed by atoms with E-state index in [0.29, 0.717) is 11.4 Å². The van der Waals surface area contributed by atoms with Crippen LogP contribution in [0.5, 0.6) is 0 Å². The zero-order valence-electron chi connectivity index (χ0n) is 21.9. The van der Waals surface area contributed by atoms with Gasteiger partial charge in [0.25, 0.3) is 17.7 Å². The fraction of sp³-hybridized carbons (Fsp3) is 0.370. The van der Waals surface area contributed by atoms with E-state index in [9.17, 15) is 24.0 Å². The molecule has 196 valence electrons. The highest BCUT2D eigenvalue weighted by Crippen LogP contribution is 2.30. The number of carbonyl (C=O) groups excluding carboxylic acids is 5. The Bertz CT molecular complexity index is 1260. The van der Waals surface area contributed by atoms with E-state index < -0.39 is 29.0 Å². The molecular formula is C27H32N4O6. The second-order valence-corrected chi connectivity index (χ2v) is 10.6. The Balaban J connectivity index is 1.60. The third kappa shape index (κ3) is 6.93. The molecule has 0 fully saturated rings. The number of imide groups is 1. The van der Waals surface area contributed by atoms with Gasteiger partial charge in [-0.1, -0.05) is 6.07 Å². The van der Waals surface area contributed by atoms with Crippen LogP contribution in [0.1, 0.15) is 79.0 Å². The lowest BCUT2D eigenvalue weighted by Gasteiger charge is -2.29. The molecule has 37 heavy (non-hydrogen) atoms. The van der Waals surface area contributed by atoms with Gasteiger partial charge in [0.2, 0.25) is 5.91 Å². The molecule has 0 atom stereocenters. The summed E-state index contributed by atoms with van der Waals surface area (Å²) in [5.74, 6) is -1.62. The third-order valence-electron chi connectivity index (χ3n) is 5.24. The monoisotopic (exact) mass is 508 g/mol. The van der Waals surface area contributed by atoms with Crippen molar-refractivity contribution in [1.82, 2.24) is 10.2 Å². The average molecular weight is 509 g/mol. The summed E-state index contributed by atoms with van der Waals surface area (Å²) in [6, 6.07) is 11.0. The summed E-state index contributed by atoms with van der Waals surface area (Å²) in [7, 11) is 0. The molecule has 1 aliphatic heterocycles. The maximum atomic E-state index is 12.9. The van der Waals surface area contributed by atoms with E-state index >= 15 is 0 Å². The van der Waals surface area contributed by atoms with E-state index in [1.165, 1.54) is 23.1 Å². The maximum absolute atomic E-state index is 12.9. The number of hydrogen-bond donors (Lipinski definition) is 3. The standard InChI is InChI=1S/C27H32N4O6/c1-26(2,3)31-23(34)19-11-10-16(14-20(19)24(31)35)22(33)30-18-9-7-8-17(15-18)29-21(32)12-13-28-25(36)37-27(4,5)6/h7-11,14-15H,12-13H2,1-6H3,(H,28,36)(H,29,32)(H,30,33). The summed E-state index contributed by atoms with van der Waals surface area (Å²) in [6.07, 6.45) is -0.572. The lowest BCUT2D eigenvalue weighted by molar-refractivity contribution is -0.116. The van der Waals surface area contributed by atoms with E-state index in [2.05, 4.69) is 16.0 Å². The first kappa shape index (κ1) is 27.4. The second kappa shape index (κ2) is 10.4. The van der Waals surface area contributed by atoms with Gasteiger partial charge in [-0.2, -0.15) is 0 Å². The van der Waals surface area contributed by atoms with Crippen molar-refractivity contribution in [2.24, 2.45) is 0 Å². The highest BCUT2D eigenvalue weighted by atomic mass is 16.6. The minimum Gasteiger partial charge on any atom is -0.444 e. The quantitative estimate of drug-likeness (QED) is 0.501. The van der Waals surface area contributed by atoms with Gasteiger partial charge in [0.05, 0.1) is 11.1 Å². The van der Waals surface area contributed by atoms with E-state index in [0.717, 1.165) is 0 Å². The van der Waals surface area contributed by atoms with Crippen molar-refractivity contribution in [2.75, 3.05) is 17.2 Å². The Morgan fingerprint density at radius 1 is 0.838 bits per heavy atom. The number of alkyl carbamates (subject to hydrolysis) is 1. The van der Waals surface area contributed by atoms with Gasteiger partial charge in [0.15, 0.2) is 0 Å². The van der Waals surface area contributed by atoms with Crippen molar-refractivity contribution in [3.8, 4) is 0 Å². The molecule has 2 aromatic carbocycles. The first-order valence-corrected chi connectivity index (χ1v) is 11.9. The van der Waals surface area contributed by atoms with Gasteiger partial charge in [0.1, 0.15) is 5.60 Å². The Kier molecular flexibility index (Phi) is 7.71. The summed E-state index contributed by atoms with van der Waals surface area (Å²) < 4.78 is 5.12. The molecule has 1 aliphatic rings. The van der Waals surface area contributed by atoms with Gasteiger partial charge in [-0.05, 0) is 77.9 Å². The molecule has 0 aliphatic carbocycles. The van der Waals surface area contributed by atoms with Crippen LogP contribution in [-0.2, 0) is 9.53 Å². The largest absolute Gasteiger partial charge is 0.444 e. The summed E-state index contributed by atoms with van der Waals surface area (Å²) in [4.78, 5) is 63.4. The number of anilines is 2. The van der Waals surface area contributed by atoms with Crippen LogP contribution >= 0.6 is 0 Å². The molecule has 0 spiro atoms. The van der Waals surface area contributed by atoms with Crippen LogP contribution in [-0.4, -0.2) is 52.3 Å². The van der Waals surface area contributed by atoms with Crippen LogP contribution in [0.25, 0.3) is 0 Å². The molecule has 0 aromatic heterocycles. The van der Waals surface area contributed by atoms with E-state index in [1.807, 2.05) is 0 Å². The van der Waals surface area contributed by atoms with Gasteiger partial charge in [-0.25, -0.2) is 4.79 Å². The molecule has 3 N–H and O–H groups in total. The number of ether oxygens (including phenoxy) is 1. The number of nitrogens with one attached hydrogen (secondary N) is 3. The summed E-state index contributed by atoms with van der Waals surface area (Å²) in [6.45, 7) is 10.6. The molecule has 3 rings (SSSR count). The highest BCUT2D eigenvalue weighted by Gasteiger charge is 2.42. The Morgan fingerprint density at radius 2 is 1.46 bits per heavy atom. The molecule has 0 unspecified atom stereocenters. The van der Waals surface area contributed by atoms with Gasteiger partial charge in [-0.15, -0.1) is 0 Å². The molecule has 10 heteroatoms. The first-order valence-electron chi connectivity index (χ1n) is 11.9. The number of rotatable bonds is 6. The molecule has 0 bridgehead atoms. The number of fused-ring (bicyclic) bond motifs is 1. The predicted octanol–water partition coefficient (Wildman–Crippen LogP) is 4.19. The van der Waals surface area contributed by atoms with Crippen LogP contribution < -0.4 is 16.0 Å². The normalized spacial score (nSPS) is 13.2. The SMILES string of the molecule is CC(C)(C)OC(=O)NCCC(=O)Nc1cccc(NC(=O)c2ccc3c(c2)C(=O)N(C(C)(C)C)C3=O)c1. The molecule has 10 nitrogen and oxygen atoms in total. The minimum absolute atomic E-state index is 0.0310. The fourth-order valence-corrected chi connectivity index (χ4v) is 3.69. The van der Waals surface area contributed by atoms with Gasteiger partial charge >= 0.3 is 6.09 Å². The van der Waals surface area contributed by atoms with E-state index in [1.54, 1.807) is 65.8 Å². The van der Waals surface area contributed by atoms with E-state index in [-0.39, 0.29) is 41.5 Å². The lowest BCUT2D eigenvalue weighted by atomic mass is 10.1. The van der Waals surface area contributed by atoms with Crippen LogP contribution in [0.4, 0.5) is 16.2 Å². The fourth-order valence-electron chi connectivity index (χ4n) is 3.69. The van der Waals surface area contributed by atoms with Crippen LogP contribution in [0.3, 0.4) is 0 Å². The number of carbonyl (C=O) groups is 5. The number of hydrogen-bond acceptors (Lipinski definition) is 6. The summed E-state index contributed by atoms with van der Waals surface area (Å²) >= 11 is 0. The summed E-state index contributed by atoms with van der Waals surface area (Å²) in [5, 5.41) is 7.97. The molecular weight excluding hydrogens is 476 g/mol. The Morgan fingerprint density at radius 3 is 2.08 bits per heavy atom. The zero-order chi connectivity index (χ0) is 27.5. The smallest absolute Gasteiger partial charge is 0.407 e. The molecule has 0 radical (unpaired) electrons. The van der Waals surface area contributed by atoms with Crippen LogP contribution in [0, 0.1) is 0 Å². The number of benzene rings is 2.